The molecule has 1 aromatic rings. The second-order valence-corrected chi connectivity index (χ2v) is 8.25. The normalized spacial score (nSPS) is 23.2. The van der Waals surface area contributed by atoms with E-state index in [1.807, 2.05) is 0 Å². The fourth-order valence-corrected chi connectivity index (χ4v) is 4.99. The van der Waals surface area contributed by atoms with Crippen LogP contribution in [0.1, 0.15) is 38.5 Å². The Morgan fingerprint density at radius 3 is 2.30 bits per heavy atom. The van der Waals surface area contributed by atoms with Crippen LogP contribution in [0.4, 0.5) is 0 Å². The van der Waals surface area contributed by atoms with Crippen LogP contribution in [0.15, 0.2) is 23.2 Å². The number of rotatable bonds is 2. The van der Waals surface area contributed by atoms with E-state index >= 15 is 0 Å². The topological polar surface area (TPSA) is 50.3 Å². The van der Waals surface area contributed by atoms with E-state index < -0.39 is 10.0 Å². The average Bonchev–Trinajstić information content (AvgIpc) is 2.88. The number of nitrogens with zero attached hydrogens (tertiary/aromatic N) is 2. The van der Waals surface area contributed by atoms with Crippen molar-refractivity contribution in [2.24, 2.45) is 5.41 Å². The van der Waals surface area contributed by atoms with E-state index in [0.29, 0.717) is 23.7 Å². The minimum Gasteiger partial charge on any atom is -0.243 e. The van der Waals surface area contributed by atoms with Crippen LogP contribution in [0.5, 0.6) is 0 Å². The third-order valence-corrected chi connectivity index (χ3v) is 6.89. The van der Waals surface area contributed by atoms with Gasteiger partial charge in [-0.25, -0.2) is 13.4 Å². The van der Waals surface area contributed by atoms with Gasteiger partial charge in [-0.05, 0) is 43.2 Å². The van der Waals surface area contributed by atoms with Crippen molar-refractivity contribution in [1.29, 1.82) is 0 Å². The highest BCUT2D eigenvalue weighted by Crippen LogP contribution is 2.46. The van der Waals surface area contributed by atoms with E-state index in [1.165, 1.54) is 44.0 Å². The van der Waals surface area contributed by atoms with Crippen LogP contribution >= 0.6 is 11.6 Å². The van der Waals surface area contributed by atoms with E-state index in [4.69, 9.17) is 11.6 Å². The van der Waals surface area contributed by atoms with Crippen molar-refractivity contribution in [2.45, 2.75) is 43.4 Å². The van der Waals surface area contributed by atoms with Gasteiger partial charge in [0.1, 0.15) is 10.0 Å². The summed E-state index contributed by atoms with van der Waals surface area (Å²) in [5, 5.41) is 0.313. The second-order valence-electron chi connectivity index (χ2n) is 5.93. The first kappa shape index (κ1) is 14.3. The van der Waals surface area contributed by atoms with Gasteiger partial charge in [0.25, 0.3) is 0 Å². The molecular formula is C14H19ClN2O2S. The Balaban J connectivity index is 1.75. The van der Waals surface area contributed by atoms with Crippen molar-refractivity contribution in [2.75, 3.05) is 13.1 Å². The molecule has 0 atom stereocenters. The van der Waals surface area contributed by atoms with Gasteiger partial charge >= 0.3 is 0 Å². The van der Waals surface area contributed by atoms with Crippen LogP contribution in [-0.4, -0.2) is 30.8 Å². The molecule has 1 aliphatic carbocycles. The van der Waals surface area contributed by atoms with Crippen LogP contribution in [0.2, 0.25) is 5.15 Å². The molecule has 4 nitrogen and oxygen atoms in total. The smallest absolute Gasteiger partial charge is 0.243 e. The molecule has 1 saturated heterocycles. The lowest BCUT2D eigenvalue weighted by Gasteiger charge is -2.38. The summed E-state index contributed by atoms with van der Waals surface area (Å²) in [5.74, 6) is 0. The predicted molar refractivity (Wildman–Crippen MR) is 78.1 cm³/mol. The largest absolute Gasteiger partial charge is 0.244 e. The molecule has 0 bridgehead atoms. The monoisotopic (exact) mass is 314 g/mol. The first-order valence-corrected chi connectivity index (χ1v) is 8.95. The Morgan fingerprint density at radius 1 is 1.10 bits per heavy atom. The SMILES string of the molecule is O=S(=O)(c1ccc(Cl)nc1)N1CCC2(CCCC2)CC1. The highest BCUT2D eigenvalue weighted by molar-refractivity contribution is 7.89. The number of pyridine rings is 1. The second kappa shape index (κ2) is 5.28. The summed E-state index contributed by atoms with van der Waals surface area (Å²) in [4.78, 5) is 4.11. The molecular weight excluding hydrogens is 296 g/mol. The summed E-state index contributed by atoms with van der Waals surface area (Å²) >= 11 is 5.71. The van der Waals surface area contributed by atoms with E-state index in [2.05, 4.69) is 4.98 Å². The van der Waals surface area contributed by atoms with Gasteiger partial charge in [-0.2, -0.15) is 4.31 Å². The minimum absolute atomic E-state index is 0.240. The number of halogens is 1. The molecule has 0 unspecified atom stereocenters. The molecule has 3 rings (SSSR count). The predicted octanol–water partition coefficient (Wildman–Crippen LogP) is 3.08. The number of hydrogen-bond donors (Lipinski definition) is 0. The molecule has 0 radical (unpaired) electrons. The van der Waals surface area contributed by atoms with Crippen molar-refractivity contribution >= 4 is 21.6 Å². The Bertz CT molecular complexity index is 570. The zero-order chi connectivity index (χ0) is 14.2. The lowest BCUT2D eigenvalue weighted by molar-refractivity contribution is 0.160. The molecule has 6 heteroatoms. The number of aromatic nitrogens is 1. The van der Waals surface area contributed by atoms with E-state index in [9.17, 15) is 8.42 Å². The minimum atomic E-state index is -3.41. The molecule has 1 spiro atoms. The molecule has 2 fully saturated rings. The van der Waals surface area contributed by atoms with Gasteiger partial charge in [0.05, 0.1) is 0 Å². The van der Waals surface area contributed by atoms with Gasteiger partial charge < -0.3 is 0 Å². The first-order valence-electron chi connectivity index (χ1n) is 7.14. The standard InChI is InChI=1S/C14H19ClN2O2S/c15-13-4-3-12(11-16-13)20(18,19)17-9-7-14(8-10-17)5-1-2-6-14/h3-4,11H,1-2,5-10H2. The van der Waals surface area contributed by atoms with Gasteiger partial charge in [-0.3, -0.25) is 0 Å². The lowest BCUT2D eigenvalue weighted by atomic mass is 9.78. The van der Waals surface area contributed by atoms with Crippen molar-refractivity contribution in [3.05, 3.63) is 23.5 Å². The zero-order valence-corrected chi connectivity index (χ0v) is 13.0. The highest BCUT2D eigenvalue weighted by Gasteiger charge is 2.40. The molecule has 0 aromatic carbocycles. The summed E-state index contributed by atoms with van der Waals surface area (Å²) in [6.07, 6.45) is 8.46. The van der Waals surface area contributed by atoms with Gasteiger partial charge in [-0.15, -0.1) is 0 Å². The molecule has 2 heterocycles. The fourth-order valence-electron chi connectivity index (χ4n) is 3.49. The Morgan fingerprint density at radius 2 is 1.75 bits per heavy atom. The number of hydrogen-bond acceptors (Lipinski definition) is 3. The van der Waals surface area contributed by atoms with Crippen molar-refractivity contribution in [3.63, 3.8) is 0 Å². The third-order valence-electron chi connectivity index (χ3n) is 4.79. The van der Waals surface area contributed by atoms with Crippen molar-refractivity contribution in [3.8, 4) is 0 Å². The quantitative estimate of drug-likeness (QED) is 0.788. The molecule has 1 saturated carbocycles. The van der Waals surface area contributed by atoms with Gasteiger partial charge in [0.2, 0.25) is 10.0 Å². The Kier molecular flexibility index (Phi) is 3.77. The van der Waals surface area contributed by atoms with Gasteiger partial charge in [0, 0.05) is 19.3 Å². The van der Waals surface area contributed by atoms with Crippen LogP contribution in [-0.2, 0) is 10.0 Å². The number of piperidine rings is 1. The Labute approximate surface area is 125 Å². The fraction of sp³-hybridized carbons (Fsp3) is 0.643. The molecule has 1 aliphatic heterocycles. The number of sulfonamides is 1. The third kappa shape index (κ3) is 2.59. The molecule has 0 N–H and O–H groups in total. The maximum atomic E-state index is 12.5. The Hall–Kier alpha value is -0.650. The summed E-state index contributed by atoms with van der Waals surface area (Å²) in [5.41, 5.74) is 0.421. The van der Waals surface area contributed by atoms with Crippen LogP contribution < -0.4 is 0 Å². The maximum Gasteiger partial charge on any atom is 0.244 e. The van der Waals surface area contributed by atoms with E-state index in [-0.39, 0.29) is 4.90 Å². The van der Waals surface area contributed by atoms with Gasteiger partial charge in [0.15, 0.2) is 0 Å². The summed E-state index contributed by atoms with van der Waals surface area (Å²) in [7, 11) is -3.41. The van der Waals surface area contributed by atoms with E-state index in [0.717, 1.165) is 12.8 Å². The molecule has 110 valence electrons. The summed E-state index contributed by atoms with van der Waals surface area (Å²) in [6, 6.07) is 3.06. The van der Waals surface area contributed by atoms with Crippen LogP contribution in [0, 0.1) is 5.41 Å². The lowest BCUT2D eigenvalue weighted by Crippen LogP contribution is -2.42. The zero-order valence-electron chi connectivity index (χ0n) is 11.4. The van der Waals surface area contributed by atoms with Crippen molar-refractivity contribution in [1.82, 2.24) is 9.29 Å². The van der Waals surface area contributed by atoms with Crippen molar-refractivity contribution < 1.29 is 8.42 Å². The molecule has 2 aliphatic rings. The maximum absolute atomic E-state index is 12.5. The van der Waals surface area contributed by atoms with Crippen LogP contribution in [0.3, 0.4) is 0 Å². The van der Waals surface area contributed by atoms with Crippen LogP contribution in [0.25, 0.3) is 0 Å². The molecule has 1 aromatic heterocycles. The molecule has 0 amide bonds. The average molecular weight is 315 g/mol. The van der Waals surface area contributed by atoms with Gasteiger partial charge in [-0.1, -0.05) is 24.4 Å². The summed E-state index contributed by atoms with van der Waals surface area (Å²) < 4.78 is 26.7. The highest BCUT2D eigenvalue weighted by atomic mass is 35.5. The first-order chi connectivity index (χ1) is 9.52. The molecule has 20 heavy (non-hydrogen) atoms. The summed E-state index contributed by atoms with van der Waals surface area (Å²) in [6.45, 7) is 1.26. The van der Waals surface area contributed by atoms with E-state index in [1.54, 1.807) is 4.31 Å².